The highest BCUT2D eigenvalue weighted by Gasteiger charge is 2.26. The number of hydrogen-bond acceptors (Lipinski definition) is 3. The van der Waals surface area contributed by atoms with Crippen LogP contribution in [0.3, 0.4) is 0 Å². The standard InChI is InChI=1S/C23H25N3O3/c1-15-11-16(2)19-14-21(24-20(19)12-15)23(28)26-9-7-25(8-10-26)22(27)17-5-4-6-18(13-17)29-3/h4-6,11-14,24H,7-10H2,1-3H3. The molecule has 1 aliphatic rings. The Bertz CT molecular complexity index is 1080. The fraction of sp³-hybridized carbons (Fsp3) is 0.304. The van der Waals surface area contributed by atoms with Crippen molar-refractivity contribution in [2.24, 2.45) is 0 Å². The van der Waals surface area contributed by atoms with Gasteiger partial charge in [-0.2, -0.15) is 0 Å². The number of hydrogen-bond donors (Lipinski definition) is 1. The Balaban J connectivity index is 1.44. The largest absolute Gasteiger partial charge is 0.497 e. The van der Waals surface area contributed by atoms with Crippen LogP contribution in [0.15, 0.2) is 42.5 Å². The summed E-state index contributed by atoms with van der Waals surface area (Å²) < 4.78 is 5.20. The molecule has 0 radical (unpaired) electrons. The first-order chi connectivity index (χ1) is 14.0. The van der Waals surface area contributed by atoms with E-state index >= 15 is 0 Å². The van der Waals surface area contributed by atoms with Gasteiger partial charge in [0.2, 0.25) is 0 Å². The van der Waals surface area contributed by atoms with Gasteiger partial charge in [0.05, 0.1) is 7.11 Å². The van der Waals surface area contributed by atoms with Crippen molar-refractivity contribution in [1.82, 2.24) is 14.8 Å². The number of ether oxygens (including phenoxy) is 1. The number of carbonyl (C=O) groups is 2. The van der Waals surface area contributed by atoms with Gasteiger partial charge in [-0.15, -0.1) is 0 Å². The molecule has 1 saturated heterocycles. The van der Waals surface area contributed by atoms with E-state index in [1.54, 1.807) is 24.1 Å². The molecule has 6 heteroatoms. The highest BCUT2D eigenvalue weighted by molar-refractivity contribution is 5.99. The van der Waals surface area contributed by atoms with Crippen LogP contribution in [0.4, 0.5) is 0 Å². The molecular formula is C23H25N3O3. The van der Waals surface area contributed by atoms with E-state index in [2.05, 4.69) is 24.0 Å². The van der Waals surface area contributed by atoms with Crippen LogP contribution in [0.1, 0.15) is 32.0 Å². The lowest BCUT2D eigenvalue weighted by Gasteiger charge is -2.34. The number of aromatic amines is 1. The van der Waals surface area contributed by atoms with Crippen LogP contribution in [-0.4, -0.2) is 59.9 Å². The lowest BCUT2D eigenvalue weighted by molar-refractivity contribution is 0.0532. The molecule has 2 aromatic carbocycles. The lowest BCUT2D eigenvalue weighted by Crippen LogP contribution is -2.50. The predicted octanol–water partition coefficient (Wildman–Crippen LogP) is 3.39. The van der Waals surface area contributed by atoms with Crippen LogP contribution < -0.4 is 4.74 Å². The highest BCUT2D eigenvalue weighted by Crippen LogP contribution is 2.23. The van der Waals surface area contributed by atoms with Gasteiger partial charge in [-0.1, -0.05) is 12.1 Å². The summed E-state index contributed by atoms with van der Waals surface area (Å²) in [6.45, 7) is 6.16. The molecule has 150 valence electrons. The normalized spacial score (nSPS) is 14.3. The van der Waals surface area contributed by atoms with Crippen molar-refractivity contribution >= 4 is 22.7 Å². The van der Waals surface area contributed by atoms with Crippen LogP contribution in [-0.2, 0) is 0 Å². The van der Waals surface area contributed by atoms with E-state index in [4.69, 9.17) is 4.74 Å². The second-order valence-electron chi connectivity index (χ2n) is 7.54. The molecule has 0 aliphatic carbocycles. The molecule has 2 amide bonds. The van der Waals surface area contributed by atoms with E-state index in [0.29, 0.717) is 43.2 Å². The molecule has 0 bridgehead atoms. The monoisotopic (exact) mass is 391 g/mol. The Morgan fingerprint density at radius 3 is 2.31 bits per heavy atom. The minimum Gasteiger partial charge on any atom is -0.497 e. The predicted molar refractivity (Wildman–Crippen MR) is 113 cm³/mol. The summed E-state index contributed by atoms with van der Waals surface area (Å²) in [6.07, 6.45) is 0. The number of carbonyl (C=O) groups excluding carboxylic acids is 2. The van der Waals surface area contributed by atoms with Crippen molar-refractivity contribution in [2.75, 3.05) is 33.3 Å². The van der Waals surface area contributed by atoms with Crippen molar-refractivity contribution in [1.29, 1.82) is 0 Å². The fourth-order valence-electron chi connectivity index (χ4n) is 3.94. The zero-order chi connectivity index (χ0) is 20.5. The number of methoxy groups -OCH3 is 1. The van der Waals surface area contributed by atoms with Gasteiger partial charge in [0, 0.05) is 42.6 Å². The molecule has 0 saturated carbocycles. The van der Waals surface area contributed by atoms with Gasteiger partial charge in [0.1, 0.15) is 11.4 Å². The molecule has 6 nitrogen and oxygen atoms in total. The fourth-order valence-corrected chi connectivity index (χ4v) is 3.94. The number of nitrogens with one attached hydrogen (secondary N) is 1. The first-order valence-electron chi connectivity index (χ1n) is 9.79. The van der Waals surface area contributed by atoms with Gasteiger partial charge >= 0.3 is 0 Å². The minimum absolute atomic E-state index is 0.0215. The van der Waals surface area contributed by atoms with Crippen molar-refractivity contribution in [2.45, 2.75) is 13.8 Å². The number of amides is 2. The molecule has 4 rings (SSSR count). The summed E-state index contributed by atoms with van der Waals surface area (Å²) >= 11 is 0. The van der Waals surface area contributed by atoms with Crippen LogP contribution in [0, 0.1) is 13.8 Å². The Kier molecular flexibility index (Phi) is 5.01. The Morgan fingerprint density at radius 1 is 0.931 bits per heavy atom. The first-order valence-corrected chi connectivity index (χ1v) is 9.79. The van der Waals surface area contributed by atoms with E-state index in [1.165, 1.54) is 5.56 Å². The Morgan fingerprint density at radius 2 is 1.62 bits per heavy atom. The van der Waals surface area contributed by atoms with Gasteiger partial charge in [-0.25, -0.2) is 0 Å². The van der Waals surface area contributed by atoms with E-state index in [9.17, 15) is 9.59 Å². The smallest absolute Gasteiger partial charge is 0.270 e. The Labute approximate surface area is 170 Å². The summed E-state index contributed by atoms with van der Waals surface area (Å²) in [5.74, 6) is 0.605. The zero-order valence-electron chi connectivity index (χ0n) is 17.0. The molecule has 0 unspecified atom stereocenters. The molecule has 2 heterocycles. The molecule has 3 aromatic rings. The minimum atomic E-state index is -0.0345. The SMILES string of the molecule is COc1cccc(C(=O)N2CCN(C(=O)c3cc4c(C)cc(C)cc4[nH]3)CC2)c1. The number of rotatable bonds is 3. The number of aryl methyl sites for hydroxylation is 2. The quantitative estimate of drug-likeness (QED) is 0.744. The number of fused-ring (bicyclic) bond motifs is 1. The lowest BCUT2D eigenvalue weighted by atomic mass is 10.1. The van der Waals surface area contributed by atoms with Crippen molar-refractivity contribution < 1.29 is 14.3 Å². The number of nitrogens with zero attached hydrogens (tertiary/aromatic N) is 2. The Hall–Kier alpha value is -3.28. The summed E-state index contributed by atoms with van der Waals surface area (Å²) in [7, 11) is 1.58. The average Bonchev–Trinajstić information content (AvgIpc) is 3.17. The van der Waals surface area contributed by atoms with E-state index in [1.807, 2.05) is 30.0 Å². The average molecular weight is 391 g/mol. The molecule has 0 atom stereocenters. The molecule has 1 aromatic heterocycles. The third kappa shape index (κ3) is 3.70. The van der Waals surface area contributed by atoms with Crippen LogP contribution in [0.5, 0.6) is 5.75 Å². The van der Waals surface area contributed by atoms with Crippen LogP contribution in [0.2, 0.25) is 0 Å². The van der Waals surface area contributed by atoms with Crippen LogP contribution >= 0.6 is 0 Å². The second kappa shape index (κ2) is 7.62. The number of benzene rings is 2. The molecule has 0 spiro atoms. The van der Waals surface area contributed by atoms with Gasteiger partial charge in [0.15, 0.2) is 0 Å². The maximum absolute atomic E-state index is 13.0. The molecule has 1 aliphatic heterocycles. The van der Waals surface area contributed by atoms with E-state index in [-0.39, 0.29) is 11.8 Å². The van der Waals surface area contributed by atoms with Gasteiger partial charge in [-0.3, -0.25) is 9.59 Å². The molecule has 1 fully saturated rings. The maximum atomic E-state index is 13.0. The van der Waals surface area contributed by atoms with E-state index < -0.39 is 0 Å². The summed E-state index contributed by atoms with van der Waals surface area (Å²) in [5, 5.41) is 1.07. The topological polar surface area (TPSA) is 65.6 Å². The zero-order valence-corrected chi connectivity index (χ0v) is 17.0. The molecule has 1 N–H and O–H groups in total. The number of H-pyrrole nitrogens is 1. The summed E-state index contributed by atoms with van der Waals surface area (Å²) in [6, 6.07) is 13.3. The van der Waals surface area contributed by atoms with Crippen LogP contribution in [0.25, 0.3) is 10.9 Å². The summed E-state index contributed by atoms with van der Waals surface area (Å²) in [4.78, 5) is 32.6. The highest BCUT2D eigenvalue weighted by atomic mass is 16.5. The van der Waals surface area contributed by atoms with Gasteiger partial charge in [0.25, 0.3) is 11.8 Å². The third-order valence-electron chi connectivity index (χ3n) is 5.49. The number of aromatic nitrogens is 1. The van der Waals surface area contributed by atoms with Crippen molar-refractivity contribution in [3.63, 3.8) is 0 Å². The number of piperazine rings is 1. The maximum Gasteiger partial charge on any atom is 0.270 e. The van der Waals surface area contributed by atoms with Gasteiger partial charge in [-0.05, 0) is 55.3 Å². The third-order valence-corrected chi connectivity index (χ3v) is 5.49. The van der Waals surface area contributed by atoms with Gasteiger partial charge < -0.3 is 19.5 Å². The van der Waals surface area contributed by atoms with E-state index in [0.717, 1.165) is 16.5 Å². The second-order valence-corrected chi connectivity index (χ2v) is 7.54. The van der Waals surface area contributed by atoms with Crippen molar-refractivity contribution in [3.05, 3.63) is 64.8 Å². The molecule has 29 heavy (non-hydrogen) atoms. The first kappa shape index (κ1) is 19.1. The van der Waals surface area contributed by atoms with Crippen molar-refractivity contribution in [3.8, 4) is 5.75 Å². The molecular weight excluding hydrogens is 366 g/mol. The summed E-state index contributed by atoms with van der Waals surface area (Å²) in [5.41, 5.74) is 4.51.